The number of hydrogen-bond acceptors (Lipinski definition) is 7. The van der Waals surface area contributed by atoms with E-state index in [0.717, 1.165) is 4.68 Å². The molecule has 0 saturated heterocycles. The van der Waals surface area contributed by atoms with E-state index in [1.54, 1.807) is 13.8 Å². The lowest BCUT2D eigenvalue weighted by molar-refractivity contribution is 0.0472. The van der Waals surface area contributed by atoms with Crippen LogP contribution in [0.25, 0.3) is 0 Å². The van der Waals surface area contributed by atoms with E-state index < -0.39 is 22.1 Å². The van der Waals surface area contributed by atoms with Crippen LogP contribution in [-0.2, 0) is 19.6 Å². The number of hydrogen-bond donors (Lipinski definition) is 2. The molecule has 0 aliphatic heterocycles. The monoisotopic (exact) mass is 322 g/mol. The maximum atomic E-state index is 11.5. The van der Waals surface area contributed by atoms with Gasteiger partial charge in [0.25, 0.3) is 10.1 Å². The Balaban J connectivity index is 0.000000690. The average Bonchev–Trinajstić information content (AvgIpc) is 2.69. The molecular weight excluding hydrogens is 304 g/mol. The number of esters is 2. The number of aromatic nitrogens is 1. The van der Waals surface area contributed by atoms with Crippen LogP contribution in [0, 0.1) is 0 Å². The molecule has 0 saturated carbocycles. The largest absolute Gasteiger partial charge is 0.462 e. The van der Waals surface area contributed by atoms with Crippen molar-refractivity contribution in [2.24, 2.45) is 0 Å². The quantitative estimate of drug-likeness (QED) is 0.451. The van der Waals surface area contributed by atoms with Gasteiger partial charge in [0.1, 0.15) is 0 Å². The standard InChI is InChI=1S/C10H14N2O4.CH4O3S/c1-3-15-9(13)7-5-6-12(11)8(7)10(14)16-4-2;1-5(2,3)4/h5-6H,3-4,11H2,1-2H3;1H3,(H,2,3,4). The van der Waals surface area contributed by atoms with Crippen molar-refractivity contribution < 1.29 is 32.0 Å². The molecule has 1 aromatic rings. The molecule has 0 unspecified atom stereocenters. The van der Waals surface area contributed by atoms with Crippen LogP contribution in [0.2, 0.25) is 0 Å². The summed E-state index contributed by atoms with van der Waals surface area (Å²) >= 11 is 0. The number of carbonyl (C=O) groups excluding carboxylic acids is 2. The van der Waals surface area contributed by atoms with Gasteiger partial charge in [0.05, 0.1) is 25.0 Å². The van der Waals surface area contributed by atoms with Gasteiger partial charge in [0.15, 0.2) is 5.69 Å². The van der Waals surface area contributed by atoms with Gasteiger partial charge in [-0.05, 0) is 19.9 Å². The van der Waals surface area contributed by atoms with Crippen LogP contribution in [0.15, 0.2) is 12.3 Å². The second-order valence-electron chi connectivity index (χ2n) is 3.66. The molecule has 0 spiro atoms. The minimum absolute atomic E-state index is 0.000278. The SMILES string of the molecule is CCOC(=O)c1ccn(N)c1C(=O)OCC.CS(=O)(=O)O. The van der Waals surface area contributed by atoms with Crippen molar-refractivity contribution in [3.63, 3.8) is 0 Å². The zero-order valence-corrected chi connectivity index (χ0v) is 12.7. The Morgan fingerprint density at radius 3 is 2.10 bits per heavy atom. The van der Waals surface area contributed by atoms with Crippen LogP contribution < -0.4 is 5.84 Å². The molecule has 21 heavy (non-hydrogen) atoms. The summed E-state index contributed by atoms with van der Waals surface area (Å²) in [5, 5.41) is 0. The highest BCUT2D eigenvalue weighted by Gasteiger charge is 2.23. The molecule has 0 aliphatic carbocycles. The van der Waals surface area contributed by atoms with E-state index in [9.17, 15) is 18.0 Å². The lowest BCUT2D eigenvalue weighted by Crippen LogP contribution is -2.20. The van der Waals surface area contributed by atoms with E-state index in [2.05, 4.69) is 0 Å². The molecule has 0 bridgehead atoms. The minimum atomic E-state index is -3.67. The Hall–Kier alpha value is -2.07. The minimum Gasteiger partial charge on any atom is -0.462 e. The third-order valence-corrected chi connectivity index (χ3v) is 1.88. The van der Waals surface area contributed by atoms with Crippen LogP contribution in [0.4, 0.5) is 0 Å². The molecule has 0 radical (unpaired) electrons. The molecule has 0 aliphatic rings. The maximum Gasteiger partial charge on any atom is 0.357 e. The first-order valence-electron chi connectivity index (χ1n) is 5.84. The van der Waals surface area contributed by atoms with Crippen molar-refractivity contribution in [2.75, 3.05) is 25.3 Å². The van der Waals surface area contributed by atoms with E-state index in [4.69, 9.17) is 19.9 Å². The molecule has 0 atom stereocenters. The van der Waals surface area contributed by atoms with E-state index in [1.807, 2.05) is 0 Å². The Bertz CT molecular complexity index is 584. The highest BCUT2D eigenvalue weighted by molar-refractivity contribution is 7.85. The van der Waals surface area contributed by atoms with Crippen LogP contribution in [-0.4, -0.2) is 49.1 Å². The maximum absolute atomic E-state index is 11.5. The zero-order valence-electron chi connectivity index (χ0n) is 11.9. The third-order valence-electron chi connectivity index (χ3n) is 1.88. The number of carbonyl (C=O) groups is 2. The van der Waals surface area contributed by atoms with Crippen molar-refractivity contribution in [1.82, 2.24) is 4.68 Å². The summed E-state index contributed by atoms with van der Waals surface area (Å²) in [6.45, 7) is 3.80. The Morgan fingerprint density at radius 2 is 1.67 bits per heavy atom. The van der Waals surface area contributed by atoms with Crippen molar-refractivity contribution in [1.29, 1.82) is 0 Å². The summed E-state index contributed by atoms with van der Waals surface area (Å²) in [4.78, 5) is 23.0. The van der Waals surface area contributed by atoms with Crippen molar-refractivity contribution >= 4 is 22.1 Å². The molecule has 120 valence electrons. The summed E-state index contributed by atoms with van der Waals surface area (Å²) < 4.78 is 36.5. The molecule has 1 rings (SSSR count). The fourth-order valence-corrected chi connectivity index (χ4v) is 1.24. The molecule has 0 fully saturated rings. The van der Waals surface area contributed by atoms with E-state index >= 15 is 0 Å². The highest BCUT2D eigenvalue weighted by Crippen LogP contribution is 2.12. The van der Waals surface area contributed by atoms with E-state index in [-0.39, 0.29) is 24.5 Å². The molecule has 3 N–H and O–H groups in total. The Kier molecular flexibility index (Phi) is 7.45. The molecule has 0 aromatic carbocycles. The Morgan fingerprint density at radius 1 is 1.24 bits per heavy atom. The molecule has 0 amide bonds. The fourth-order valence-electron chi connectivity index (χ4n) is 1.24. The van der Waals surface area contributed by atoms with Crippen LogP contribution in [0.1, 0.15) is 34.7 Å². The van der Waals surface area contributed by atoms with Gasteiger partial charge in [0, 0.05) is 6.20 Å². The predicted octanol–water partition coefficient (Wildman–Crippen LogP) is 0.0593. The van der Waals surface area contributed by atoms with Gasteiger partial charge in [0.2, 0.25) is 0 Å². The average molecular weight is 322 g/mol. The van der Waals surface area contributed by atoms with Gasteiger partial charge in [-0.25, -0.2) is 9.59 Å². The fraction of sp³-hybridized carbons (Fsp3) is 0.455. The molecular formula is C11H18N2O7S. The van der Waals surface area contributed by atoms with Gasteiger partial charge < -0.3 is 15.3 Å². The second-order valence-corrected chi connectivity index (χ2v) is 5.13. The first-order chi connectivity index (χ1) is 9.61. The lowest BCUT2D eigenvalue weighted by Gasteiger charge is -2.06. The summed E-state index contributed by atoms with van der Waals surface area (Å²) in [5.74, 6) is 4.29. The summed E-state index contributed by atoms with van der Waals surface area (Å²) in [7, 11) is -3.67. The summed E-state index contributed by atoms with van der Waals surface area (Å²) in [5.41, 5.74) is 0.114. The van der Waals surface area contributed by atoms with Crippen LogP contribution >= 0.6 is 0 Å². The molecule has 9 nitrogen and oxygen atoms in total. The van der Waals surface area contributed by atoms with Crippen LogP contribution in [0.3, 0.4) is 0 Å². The number of nitrogens with two attached hydrogens (primary N) is 1. The highest BCUT2D eigenvalue weighted by atomic mass is 32.2. The molecule has 1 heterocycles. The van der Waals surface area contributed by atoms with Crippen molar-refractivity contribution in [2.45, 2.75) is 13.8 Å². The lowest BCUT2D eigenvalue weighted by atomic mass is 10.2. The number of nitrogen functional groups attached to an aromatic ring is 1. The van der Waals surface area contributed by atoms with E-state index in [0.29, 0.717) is 6.26 Å². The predicted molar refractivity (Wildman–Crippen MR) is 74.0 cm³/mol. The Labute approximate surface area is 122 Å². The second kappa shape index (κ2) is 8.27. The zero-order chi connectivity index (χ0) is 16.6. The van der Waals surface area contributed by atoms with Crippen molar-refractivity contribution in [3.8, 4) is 0 Å². The first kappa shape index (κ1) is 18.9. The summed E-state index contributed by atoms with van der Waals surface area (Å²) in [6.07, 6.45) is 2.12. The molecule has 1 aromatic heterocycles. The van der Waals surface area contributed by atoms with Gasteiger partial charge in [-0.3, -0.25) is 9.23 Å². The smallest absolute Gasteiger partial charge is 0.357 e. The third kappa shape index (κ3) is 7.32. The van der Waals surface area contributed by atoms with Gasteiger partial charge in [-0.2, -0.15) is 8.42 Å². The van der Waals surface area contributed by atoms with E-state index in [1.165, 1.54) is 12.3 Å². The number of ether oxygens (including phenoxy) is 2. The van der Waals surface area contributed by atoms with Gasteiger partial charge in [-0.1, -0.05) is 0 Å². The van der Waals surface area contributed by atoms with Crippen LogP contribution in [0.5, 0.6) is 0 Å². The van der Waals surface area contributed by atoms with Gasteiger partial charge in [-0.15, -0.1) is 0 Å². The summed E-state index contributed by atoms with van der Waals surface area (Å²) in [6, 6.07) is 1.42. The normalized spacial score (nSPS) is 10.3. The number of rotatable bonds is 4. The van der Waals surface area contributed by atoms with Gasteiger partial charge >= 0.3 is 11.9 Å². The first-order valence-corrected chi connectivity index (χ1v) is 7.69. The topological polar surface area (TPSA) is 138 Å². The van der Waals surface area contributed by atoms with Crippen molar-refractivity contribution in [3.05, 3.63) is 23.5 Å². The number of nitrogens with zero attached hydrogens (tertiary/aromatic N) is 1. The molecule has 10 heteroatoms.